The van der Waals surface area contributed by atoms with Crippen molar-refractivity contribution in [3.8, 4) is 0 Å². The van der Waals surface area contributed by atoms with Gasteiger partial charge in [0, 0.05) is 23.7 Å². The molecular formula is C16H20N4O4. The number of H-pyrrole nitrogens is 2. The van der Waals surface area contributed by atoms with Crippen LogP contribution < -0.4 is 11.1 Å². The van der Waals surface area contributed by atoms with E-state index in [-0.39, 0.29) is 11.2 Å². The Morgan fingerprint density at radius 2 is 1.88 bits per heavy atom. The number of piperidine rings is 1. The maximum Gasteiger partial charge on any atom is 0.314 e. The van der Waals surface area contributed by atoms with Gasteiger partial charge in [-0.15, -0.1) is 0 Å². The Bertz CT molecular complexity index is 907. The molecule has 1 aliphatic rings. The fraction of sp³-hybridized carbons (Fsp3) is 0.500. The van der Waals surface area contributed by atoms with Crippen LogP contribution in [0.3, 0.4) is 0 Å². The van der Waals surface area contributed by atoms with Gasteiger partial charge < -0.3 is 9.97 Å². The first kappa shape index (κ1) is 16.4. The average Bonchev–Trinajstić information content (AvgIpc) is 2.53. The zero-order chi connectivity index (χ0) is 17.4. The lowest BCUT2D eigenvalue weighted by Crippen LogP contribution is -2.33. The highest BCUT2D eigenvalue weighted by atomic mass is 16.6. The van der Waals surface area contributed by atoms with Gasteiger partial charge in [-0.3, -0.25) is 24.6 Å². The second kappa shape index (κ2) is 6.20. The highest BCUT2D eigenvalue weighted by molar-refractivity contribution is 5.82. The van der Waals surface area contributed by atoms with Crippen LogP contribution in [0.5, 0.6) is 0 Å². The van der Waals surface area contributed by atoms with Gasteiger partial charge in [0.05, 0.1) is 16.0 Å². The topological polar surface area (TPSA) is 112 Å². The number of nitrogens with one attached hydrogen (secondary N) is 2. The van der Waals surface area contributed by atoms with Crippen LogP contribution in [0.1, 0.15) is 30.9 Å². The lowest BCUT2D eigenvalue weighted by molar-refractivity contribution is -0.385. The zero-order valence-corrected chi connectivity index (χ0v) is 13.7. The summed E-state index contributed by atoms with van der Waals surface area (Å²) in [6.45, 7) is 6.24. The van der Waals surface area contributed by atoms with E-state index in [1.807, 2.05) is 0 Å². The van der Waals surface area contributed by atoms with Gasteiger partial charge in [-0.1, -0.05) is 6.92 Å². The summed E-state index contributed by atoms with van der Waals surface area (Å²) in [6.07, 6.45) is 2.17. The van der Waals surface area contributed by atoms with Gasteiger partial charge >= 0.3 is 11.1 Å². The highest BCUT2D eigenvalue weighted by Gasteiger charge is 2.23. The molecule has 0 amide bonds. The largest absolute Gasteiger partial charge is 0.316 e. The van der Waals surface area contributed by atoms with E-state index in [9.17, 15) is 19.7 Å². The second-order valence-electron chi connectivity index (χ2n) is 6.55. The average molecular weight is 332 g/mol. The minimum Gasteiger partial charge on any atom is -0.316 e. The third-order valence-corrected chi connectivity index (χ3v) is 4.84. The van der Waals surface area contributed by atoms with E-state index in [0.29, 0.717) is 29.1 Å². The van der Waals surface area contributed by atoms with E-state index >= 15 is 0 Å². The number of aromatic amines is 2. The number of hydrogen-bond acceptors (Lipinski definition) is 5. The molecule has 0 aliphatic carbocycles. The Hall–Kier alpha value is -2.48. The molecule has 1 aromatic carbocycles. The number of fused-ring (bicyclic) bond motifs is 1. The molecule has 0 atom stereocenters. The predicted molar refractivity (Wildman–Crippen MR) is 90.3 cm³/mol. The third kappa shape index (κ3) is 2.96. The molecule has 0 bridgehead atoms. The Kier molecular flexibility index (Phi) is 4.23. The Morgan fingerprint density at radius 1 is 1.25 bits per heavy atom. The van der Waals surface area contributed by atoms with Crippen LogP contribution in [0.25, 0.3) is 11.0 Å². The molecule has 8 nitrogen and oxygen atoms in total. The van der Waals surface area contributed by atoms with Crippen LogP contribution in [0.4, 0.5) is 5.69 Å². The first-order valence-corrected chi connectivity index (χ1v) is 8.02. The summed E-state index contributed by atoms with van der Waals surface area (Å²) in [7, 11) is 0. The van der Waals surface area contributed by atoms with Crippen molar-refractivity contribution in [1.82, 2.24) is 14.9 Å². The molecule has 0 radical (unpaired) electrons. The number of benzene rings is 1. The normalized spacial score (nSPS) is 16.6. The molecule has 0 unspecified atom stereocenters. The molecule has 1 aliphatic heterocycles. The van der Waals surface area contributed by atoms with Crippen molar-refractivity contribution in [2.45, 2.75) is 33.2 Å². The van der Waals surface area contributed by atoms with E-state index in [1.165, 1.54) is 6.07 Å². The van der Waals surface area contributed by atoms with Crippen molar-refractivity contribution in [2.75, 3.05) is 13.1 Å². The maximum absolute atomic E-state index is 11.7. The van der Waals surface area contributed by atoms with Gasteiger partial charge in [0.1, 0.15) is 0 Å². The molecule has 1 fully saturated rings. The standard InChI is InChI=1S/C16H20N4O4/c1-9-3-5-19(6-4-9)8-11-10(2)13(20(23)24)7-12-14(11)18-16(22)15(21)17-12/h7,9H,3-6,8H2,1-2H3,(H,17,21)(H,18,22). The number of hydrogen-bond donors (Lipinski definition) is 2. The zero-order valence-electron chi connectivity index (χ0n) is 13.7. The van der Waals surface area contributed by atoms with Gasteiger partial charge in [-0.25, -0.2) is 0 Å². The first-order valence-electron chi connectivity index (χ1n) is 8.02. The quantitative estimate of drug-likeness (QED) is 0.504. The third-order valence-electron chi connectivity index (χ3n) is 4.84. The summed E-state index contributed by atoms with van der Waals surface area (Å²) in [6, 6.07) is 1.31. The summed E-state index contributed by atoms with van der Waals surface area (Å²) in [5.74, 6) is 0.681. The van der Waals surface area contributed by atoms with Crippen molar-refractivity contribution in [1.29, 1.82) is 0 Å². The summed E-state index contributed by atoms with van der Waals surface area (Å²) >= 11 is 0. The predicted octanol–water partition coefficient (Wildman–Crippen LogP) is 1.66. The van der Waals surface area contributed by atoms with E-state index < -0.39 is 16.0 Å². The molecule has 1 saturated heterocycles. The van der Waals surface area contributed by atoms with Gasteiger partial charge in [0.25, 0.3) is 5.69 Å². The second-order valence-corrected chi connectivity index (χ2v) is 6.55. The molecule has 2 N–H and O–H groups in total. The number of nitro groups is 1. The molecule has 0 spiro atoms. The van der Waals surface area contributed by atoms with Crippen molar-refractivity contribution in [3.63, 3.8) is 0 Å². The Labute approximate surface area is 137 Å². The Morgan fingerprint density at radius 3 is 2.50 bits per heavy atom. The van der Waals surface area contributed by atoms with Crippen LogP contribution in [-0.4, -0.2) is 32.9 Å². The lowest BCUT2D eigenvalue weighted by Gasteiger charge is -2.30. The van der Waals surface area contributed by atoms with Gasteiger partial charge in [-0.2, -0.15) is 0 Å². The van der Waals surface area contributed by atoms with Gasteiger partial charge in [0.2, 0.25) is 0 Å². The summed E-state index contributed by atoms with van der Waals surface area (Å²) < 4.78 is 0. The lowest BCUT2D eigenvalue weighted by atomic mass is 9.97. The van der Waals surface area contributed by atoms with Crippen LogP contribution in [0, 0.1) is 23.0 Å². The smallest absolute Gasteiger partial charge is 0.314 e. The molecule has 0 saturated carbocycles. The van der Waals surface area contributed by atoms with Crippen LogP contribution in [0.2, 0.25) is 0 Å². The first-order chi connectivity index (χ1) is 11.4. The van der Waals surface area contributed by atoms with Crippen molar-refractivity contribution < 1.29 is 4.92 Å². The van der Waals surface area contributed by atoms with Crippen molar-refractivity contribution >= 4 is 16.7 Å². The van der Waals surface area contributed by atoms with Crippen molar-refractivity contribution in [3.05, 3.63) is 48.0 Å². The van der Waals surface area contributed by atoms with E-state index in [1.54, 1.807) is 6.92 Å². The summed E-state index contributed by atoms with van der Waals surface area (Å²) in [5, 5.41) is 11.3. The molecule has 2 aromatic rings. The minimum atomic E-state index is -0.807. The Balaban J connectivity index is 2.14. The SMILES string of the molecule is Cc1c([N+](=O)[O-])cc2[nH]c(=O)c(=O)[nH]c2c1CN1CCC(C)CC1. The molecule has 1 aromatic heterocycles. The van der Waals surface area contributed by atoms with Crippen LogP contribution >= 0.6 is 0 Å². The summed E-state index contributed by atoms with van der Waals surface area (Å²) in [4.78, 5) is 41.4. The van der Waals surface area contributed by atoms with E-state index in [4.69, 9.17) is 0 Å². The number of nitrogens with zero attached hydrogens (tertiary/aromatic N) is 2. The van der Waals surface area contributed by atoms with Crippen molar-refractivity contribution in [2.24, 2.45) is 5.92 Å². The van der Waals surface area contributed by atoms with Crippen LogP contribution in [0.15, 0.2) is 15.7 Å². The fourth-order valence-corrected chi connectivity index (χ4v) is 3.24. The minimum absolute atomic E-state index is 0.0504. The fourth-order valence-electron chi connectivity index (χ4n) is 3.24. The molecule has 128 valence electrons. The molecule has 8 heteroatoms. The molecule has 2 heterocycles. The number of nitro benzene ring substituents is 1. The van der Waals surface area contributed by atoms with Gasteiger partial charge in [0.15, 0.2) is 0 Å². The molecular weight excluding hydrogens is 312 g/mol. The molecule has 3 rings (SSSR count). The highest BCUT2D eigenvalue weighted by Crippen LogP contribution is 2.29. The maximum atomic E-state index is 11.7. The number of aromatic nitrogens is 2. The van der Waals surface area contributed by atoms with E-state index in [2.05, 4.69) is 21.8 Å². The van der Waals surface area contributed by atoms with Crippen LogP contribution in [-0.2, 0) is 6.54 Å². The number of likely N-dealkylation sites (tertiary alicyclic amines) is 1. The number of rotatable bonds is 3. The van der Waals surface area contributed by atoms with E-state index in [0.717, 1.165) is 25.9 Å². The monoisotopic (exact) mass is 332 g/mol. The molecule has 24 heavy (non-hydrogen) atoms. The summed E-state index contributed by atoms with van der Waals surface area (Å²) in [5.41, 5.74) is 0.378. The van der Waals surface area contributed by atoms with Gasteiger partial charge in [-0.05, 0) is 38.8 Å².